The Bertz CT molecular complexity index is 1860. The van der Waals surface area contributed by atoms with Crippen molar-refractivity contribution in [3.05, 3.63) is 86.7 Å². The summed E-state index contributed by atoms with van der Waals surface area (Å²) in [5.74, 6) is -1.81. The molecule has 2 aromatic carbocycles. The Labute approximate surface area is 257 Å². The molecule has 1 spiro atoms. The van der Waals surface area contributed by atoms with Crippen LogP contribution < -0.4 is 5.32 Å². The van der Waals surface area contributed by atoms with Gasteiger partial charge < -0.3 is 15.0 Å². The molecule has 1 saturated heterocycles. The summed E-state index contributed by atoms with van der Waals surface area (Å²) in [6.45, 7) is 3.09. The molecular formula is C32H30Cl2FN5O3. The van der Waals surface area contributed by atoms with Crippen LogP contribution in [0.4, 0.5) is 10.1 Å². The Morgan fingerprint density at radius 1 is 1.19 bits per heavy atom. The Balaban J connectivity index is 0.00000300. The summed E-state index contributed by atoms with van der Waals surface area (Å²) in [6.07, 6.45) is 4.35. The van der Waals surface area contributed by atoms with Crippen LogP contribution in [-0.4, -0.2) is 49.0 Å². The molecule has 1 saturated carbocycles. The number of hydrogen-bond acceptors (Lipinski definition) is 5. The second-order valence-corrected chi connectivity index (χ2v) is 12.7. The number of aromatic carboxylic acids is 1. The van der Waals surface area contributed by atoms with Crippen LogP contribution in [0, 0.1) is 18.7 Å². The standard InChI is InChI=1S/C31H26Cl2FN5O3.CH4/c1-14-17(29(40)41)5-7-22-26(14)37-28-23-21(9-11-38(22)28)39(13-15-2-3-15)31(24(23)18-8-10-35-27(33)25(18)34)19-6-4-16(32)12-20(19)36-30(31)42;/h4-8,10,12,15,21,23-24H,2-3,9,11,13H2,1H3,(H,36,42)(H,40,41);1H4/t21-,23+,24-,31+;/m0./s1. The summed E-state index contributed by atoms with van der Waals surface area (Å²) in [6, 6.07) is 10.3. The van der Waals surface area contributed by atoms with Gasteiger partial charge >= 0.3 is 5.97 Å². The van der Waals surface area contributed by atoms with E-state index in [1.165, 1.54) is 6.20 Å². The number of nitrogens with one attached hydrogen (secondary N) is 1. The maximum atomic E-state index is 16.1. The smallest absolute Gasteiger partial charge is 0.336 e. The maximum absolute atomic E-state index is 16.1. The first-order chi connectivity index (χ1) is 20.2. The van der Waals surface area contributed by atoms with Crippen LogP contribution in [0.5, 0.6) is 0 Å². The predicted octanol–water partition coefficient (Wildman–Crippen LogP) is 6.73. The fourth-order valence-corrected chi connectivity index (χ4v) is 8.27. The van der Waals surface area contributed by atoms with Crippen molar-refractivity contribution >= 4 is 51.8 Å². The Morgan fingerprint density at radius 3 is 2.72 bits per heavy atom. The highest BCUT2D eigenvalue weighted by Crippen LogP contribution is 2.64. The molecule has 5 heterocycles. The van der Waals surface area contributed by atoms with E-state index in [2.05, 4.69) is 19.8 Å². The van der Waals surface area contributed by atoms with E-state index in [1.807, 2.05) is 6.07 Å². The second kappa shape index (κ2) is 9.74. The molecular weight excluding hydrogens is 592 g/mol. The van der Waals surface area contributed by atoms with Crippen molar-refractivity contribution in [3.8, 4) is 0 Å². The van der Waals surface area contributed by atoms with Crippen molar-refractivity contribution in [3.63, 3.8) is 0 Å². The molecule has 0 radical (unpaired) electrons. The number of nitrogens with zero attached hydrogens (tertiary/aromatic N) is 4. The zero-order valence-electron chi connectivity index (χ0n) is 22.6. The number of hydrogen-bond donors (Lipinski definition) is 2. The maximum Gasteiger partial charge on any atom is 0.336 e. The van der Waals surface area contributed by atoms with Crippen molar-refractivity contribution in [2.75, 3.05) is 11.9 Å². The minimum absolute atomic E-state index is 0. The molecule has 1 amide bonds. The molecule has 1 aliphatic carbocycles. The summed E-state index contributed by atoms with van der Waals surface area (Å²) >= 11 is 12.7. The normalized spacial score (nSPS) is 25.8. The molecule has 2 fully saturated rings. The topological polar surface area (TPSA) is 100 Å². The molecule has 222 valence electrons. The molecule has 4 aromatic rings. The van der Waals surface area contributed by atoms with Crippen molar-refractivity contribution in [2.45, 2.75) is 63.6 Å². The summed E-state index contributed by atoms with van der Waals surface area (Å²) in [5, 5.41) is 13.1. The van der Waals surface area contributed by atoms with Crippen molar-refractivity contribution in [2.24, 2.45) is 5.92 Å². The second-order valence-electron chi connectivity index (χ2n) is 11.9. The lowest BCUT2D eigenvalue weighted by atomic mass is 9.70. The summed E-state index contributed by atoms with van der Waals surface area (Å²) in [4.78, 5) is 37.8. The van der Waals surface area contributed by atoms with E-state index in [4.69, 9.17) is 28.2 Å². The molecule has 8 nitrogen and oxygen atoms in total. The average molecular weight is 623 g/mol. The molecule has 4 atom stereocenters. The van der Waals surface area contributed by atoms with Gasteiger partial charge in [0.05, 0.1) is 16.6 Å². The van der Waals surface area contributed by atoms with Crippen LogP contribution in [-0.2, 0) is 16.9 Å². The minimum atomic E-state index is -1.24. The first-order valence-corrected chi connectivity index (χ1v) is 14.9. The molecule has 11 heteroatoms. The number of carboxylic acids is 1. The summed E-state index contributed by atoms with van der Waals surface area (Å²) in [7, 11) is 0. The number of rotatable bonds is 4. The van der Waals surface area contributed by atoms with Gasteiger partial charge in [-0.1, -0.05) is 36.7 Å². The number of aromatic nitrogens is 3. The van der Waals surface area contributed by atoms with Crippen molar-refractivity contribution < 1.29 is 19.1 Å². The van der Waals surface area contributed by atoms with Gasteiger partial charge in [-0.25, -0.2) is 19.2 Å². The number of anilines is 1. The lowest BCUT2D eigenvalue weighted by Gasteiger charge is -2.40. The Morgan fingerprint density at radius 2 is 1.98 bits per heavy atom. The van der Waals surface area contributed by atoms with Gasteiger partial charge in [0.2, 0.25) is 5.91 Å². The van der Waals surface area contributed by atoms with Gasteiger partial charge in [0.1, 0.15) is 11.4 Å². The van der Waals surface area contributed by atoms with E-state index in [9.17, 15) is 14.7 Å². The Kier molecular flexibility index (Phi) is 6.40. The van der Waals surface area contributed by atoms with Crippen LogP contribution in [0.2, 0.25) is 10.2 Å². The van der Waals surface area contributed by atoms with Gasteiger partial charge in [-0.15, -0.1) is 0 Å². The average Bonchev–Trinajstić information content (AvgIpc) is 3.53. The number of imidazole rings is 1. The molecule has 0 unspecified atom stereocenters. The van der Waals surface area contributed by atoms with Crippen LogP contribution in [0.1, 0.15) is 71.4 Å². The highest BCUT2D eigenvalue weighted by atomic mass is 35.5. The fourth-order valence-electron chi connectivity index (χ4n) is 7.93. The van der Waals surface area contributed by atoms with Gasteiger partial charge in [0, 0.05) is 53.4 Å². The lowest BCUT2D eigenvalue weighted by Crippen LogP contribution is -2.53. The highest BCUT2D eigenvalue weighted by Gasteiger charge is 2.69. The van der Waals surface area contributed by atoms with Crippen molar-refractivity contribution in [1.82, 2.24) is 19.4 Å². The van der Waals surface area contributed by atoms with E-state index in [0.717, 1.165) is 29.7 Å². The van der Waals surface area contributed by atoms with Crippen molar-refractivity contribution in [1.29, 1.82) is 0 Å². The number of carboxylic acid groups (broad SMARTS) is 1. The van der Waals surface area contributed by atoms with E-state index >= 15 is 4.39 Å². The van der Waals surface area contributed by atoms with Crippen LogP contribution in [0.25, 0.3) is 11.0 Å². The minimum Gasteiger partial charge on any atom is -0.478 e. The van der Waals surface area contributed by atoms with Crippen LogP contribution in [0.3, 0.4) is 0 Å². The summed E-state index contributed by atoms with van der Waals surface area (Å²) in [5.41, 5.74) is 2.66. The SMILES string of the molecule is C.Cc1c(C(=O)O)ccc2c1nc1n2CC[C@H]2[C@@H]1[C@H](c1ccnc(Cl)c1F)[C@]1(C(=O)Nc3cc(Cl)ccc31)N2CC1CC1. The third kappa shape index (κ3) is 3.77. The van der Waals surface area contributed by atoms with Gasteiger partial charge in [-0.2, -0.15) is 0 Å². The largest absolute Gasteiger partial charge is 0.478 e. The van der Waals surface area contributed by atoms with Crippen LogP contribution in [0.15, 0.2) is 42.6 Å². The molecule has 3 aliphatic heterocycles. The molecule has 2 N–H and O–H groups in total. The lowest BCUT2D eigenvalue weighted by molar-refractivity contribution is -0.128. The number of pyridine rings is 1. The number of halogens is 3. The zero-order chi connectivity index (χ0) is 29.1. The number of aryl methyl sites for hydroxylation is 2. The predicted molar refractivity (Wildman–Crippen MR) is 162 cm³/mol. The molecule has 0 bridgehead atoms. The Hall–Kier alpha value is -3.53. The van der Waals surface area contributed by atoms with E-state index in [0.29, 0.717) is 52.8 Å². The highest BCUT2D eigenvalue weighted by molar-refractivity contribution is 6.31. The fraction of sp³-hybridized carbons (Fsp3) is 0.375. The van der Waals surface area contributed by atoms with Gasteiger partial charge in [-0.3, -0.25) is 9.69 Å². The van der Waals surface area contributed by atoms with E-state index in [1.54, 1.807) is 37.3 Å². The van der Waals surface area contributed by atoms with Gasteiger partial charge in [-0.05, 0) is 73.6 Å². The first kappa shape index (κ1) is 28.3. The number of carbonyl (C=O) groups excluding carboxylic acids is 1. The third-order valence-corrected chi connectivity index (χ3v) is 10.3. The third-order valence-electron chi connectivity index (χ3n) is 9.81. The first-order valence-electron chi connectivity index (χ1n) is 14.1. The monoisotopic (exact) mass is 621 g/mol. The van der Waals surface area contributed by atoms with E-state index in [-0.39, 0.29) is 30.1 Å². The number of fused-ring (bicyclic) bond motifs is 7. The van der Waals surface area contributed by atoms with Gasteiger partial charge in [0.15, 0.2) is 11.0 Å². The molecule has 4 aliphatic rings. The number of carbonyl (C=O) groups is 2. The van der Waals surface area contributed by atoms with E-state index < -0.39 is 29.2 Å². The quantitative estimate of drug-likeness (QED) is 0.245. The molecule has 43 heavy (non-hydrogen) atoms. The molecule has 2 aromatic heterocycles. The zero-order valence-corrected chi connectivity index (χ0v) is 24.1. The number of benzene rings is 2. The number of amides is 1. The molecule has 8 rings (SSSR count). The summed E-state index contributed by atoms with van der Waals surface area (Å²) < 4.78 is 18.3. The van der Waals surface area contributed by atoms with Crippen LogP contribution >= 0.6 is 23.2 Å². The number of likely N-dealkylation sites (tertiary alicyclic amines) is 1. The van der Waals surface area contributed by atoms with Gasteiger partial charge in [0.25, 0.3) is 0 Å².